The summed E-state index contributed by atoms with van der Waals surface area (Å²) in [5.41, 5.74) is 1.66. The van der Waals surface area contributed by atoms with Gasteiger partial charge in [-0.2, -0.15) is 0 Å². The Bertz CT molecular complexity index is 767. The summed E-state index contributed by atoms with van der Waals surface area (Å²) in [5, 5.41) is 20.8. The lowest BCUT2D eigenvalue weighted by Gasteiger charge is -2.41. The predicted octanol–water partition coefficient (Wildman–Crippen LogP) is 3.11. The Morgan fingerprint density at radius 1 is 1.15 bits per heavy atom. The molecule has 0 spiro atoms. The molecule has 0 unspecified atom stereocenters. The molecule has 2 N–H and O–H groups in total. The minimum atomic E-state index is -0.893. The fraction of sp³-hybridized carbons (Fsp3) is 0.381. The van der Waals surface area contributed by atoms with Crippen molar-refractivity contribution in [2.45, 2.75) is 31.4 Å². The zero-order chi connectivity index (χ0) is 18.7. The van der Waals surface area contributed by atoms with Gasteiger partial charge in [-0.1, -0.05) is 36.4 Å². The Labute approximate surface area is 153 Å². The largest absolute Gasteiger partial charge is 0.497 e. The molecule has 26 heavy (non-hydrogen) atoms. The molecule has 1 saturated heterocycles. The summed E-state index contributed by atoms with van der Waals surface area (Å²) < 4.78 is 5.22. The van der Waals surface area contributed by atoms with Gasteiger partial charge in [-0.25, -0.2) is 0 Å². The smallest absolute Gasteiger partial charge is 0.325 e. The molecule has 5 nitrogen and oxygen atoms in total. The summed E-state index contributed by atoms with van der Waals surface area (Å²) in [4.78, 5) is 13.9. The van der Waals surface area contributed by atoms with Gasteiger partial charge in [0.15, 0.2) is 0 Å². The highest BCUT2D eigenvalue weighted by Gasteiger charge is 2.38. The number of likely N-dealkylation sites (tertiary alicyclic amines) is 1. The molecule has 138 valence electrons. The van der Waals surface area contributed by atoms with E-state index in [1.807, 2.05) is 54.3 Å². The van der Waals surface area contributed by atoms with Crippen molar-refractivity contribution in [3.05, 3.63) is 65.2 Å². The summed E-state index contributed by atoms with van der Waals surface area (Å²) in [6.45, 7) is 2.94. The van der Waals surface area contributed by atoms with Crippen LogP contribution in [0.1, 0.15) is 35.6 Å². The number of aliphatic carboxylic acids is 1. The van der Waals surface area contributed by atoms with Gasteiger partial charge in [0.1, 0.15) is 11.8 Å². The highest BCUT2D eigenvalue weighted by Crippen LogP contribution is 2.36. The van der Waals surface area contributed by atoms with Gasteiger partial charge < -0.3 is 14.9 Å². The summed E-state index contributed by atoms with van der Waals surface area (Å²) in [5.74, 6) is -0.157. The first kappa shape index (κ1) is 18.4. The van der Waals surface area contributed by atoms with E-state index in [9.17, 15) is 15.0 Å². The van der Waals surface area contributed by atoms with E-state index in [-0.39, 0.29) is 0 Å². The normalized spacial score (nSPS) is 18.3. The number of methoxy groups -OCH3 is 1. The molecular weight excluding hydrogens is 330 g/mol. The van der Waals surface area contributed by atoms with Crippen molar-refractivity contribution in [1.82, 2.24) is 4.90 Å². The number of aliphatic hydroxyl groups is 1. The quantitative estimate of drug-likeness (QED) is 0.862. The molecule has 0 aliphatic carbocycles. The number of carboxylic acids is 1. The van der Waals surface area contributed by atoms with E-state index in [0.29, 0.717) is 31.7 Å². The number of piperidine rings is 1. The van der Waals surface area contributed by atoms with Crippen LogP contribution in [0, 0.1) is 6.92 Å². The highest BCUT2D eigenvalue weighted by atomic mass is 16.5. The molecule has 2 aromatic rings. The summed E-state index contributed by atoms with van der Waals surface area (Å²) in [6.07, 6.45) is 1.02. The van der Waals surface area contributed by atoms with Crippen molar-refractivity contribution in [1.29, 1.82) is 0 Å². The van der Waals surface area contributed by atoms with Crippen LogP contribution < -0.4 is 4.74 Å². The fourth-order valence-electron chi connectivity index (χ4n) is 3.76. The maximum Gasteiger partial charge on any atom is 0.325 e. The maximum atomic E-state index is 12.0. The van der Waals surface area contributed by atoms with Crippen LogP contribution in [0.15, 0.2) is 48.5 Å². The fourth-order valence-corrected chi connectivity index (χ4v) is 3.76. The average Bonchev–Trinajstić information content (AvgIpc) is 2.65. The van der Waals surface area contributed by atoms with Gasteiger partial charge in [-0.15, -0.1) is 0 Å². The van der Waals surface area contributed by atoms with Crippen LogP contribution in [0.25, 0.3) is 0 Å². The highest BCUT2D eigenvalue weighted by molar-refractivity contribution is 5.76. The van der Waals surface area contributed by atoms with E-state index in [2.05, 4.69) is 0 Å². The first-order chi connectivity index (χ1) is 12.4. The van der Waals surface area contributed by atoms with Crippen molar-refractivity contribution in [2.75, 3.05) is 20.2 Å². The van der Waals surface area contributed by atoms with Crippen LogP contribution in [-0.2, 0) is 10.4 Å². The number of hydrogen-bond donors (Lipinski definition) is 2. The van der Waals surface area contributed by atoms with Crippen LogP contribution in [0.5, 0.6) is 5.75 Å². The third-order valence-electron chi connectivity index (χ3n) is 5.31. The van der Waals surface area contributed by atoms with Gasteiger partial charge in [0.2, 0.25) is 0 Å². The molecule has 0 bridgehead atoms. The van der Waals surface area contributed by atoms with Crippen LogP contribution in [-0.4, -0.2) is 41.3 Å². The van der Waals surface area contributed by atoms with Gasteiger partial charge in [0, 0.05) is 13.1 Å². The topological polar surface area (TPSA) is 70.0 Å². The molecule has 3 rings (SSSR count). The van der Waals surface area contributed by atoms with Crippen LogP contribution in [0.4, 0.5) is 0 Å². The van der Waals surface area contributed by atoms with Gasteiger partial charge >= 0.3 is 5.97 Å². The second kappa shape index (κ2) is 7.48. The monoisotopic (exact) mass is 355 g/mol. The molecule has 0 radical (unpaired) electrons. The molecule has 1 atom stereocenters. The van der Waals surface area contributed by atoms with Crippen molar-refractivity contribution >= 4 is 5.97 Å². The molecule has 5 heteroatoms. The zero-order valence-corrected chi connectivity index (χ0v) is 15.2. The molecule has 0 amide bonds. The van der Waals surface area contributed by atoms with E-state index >= 15 is 0 Å². The number of nitrogens with zero attached hydrogens (tertiary/aromatic N) is 1. The maximum absolute atomic E-state index is 12.0. The summed E-state index contributed by atoms with van der Waals surface area (Å²) >= 11 is 0. The van der Waals surface area contributed by atoms with Gasteiger partial charge in [-0.05, 0) is 48.6 Å². The van der Waals surface area contributed by atoms with Gasteiger partial charge in [0.05, 0.1) is 12.7 Å². The van der Waals surface area contributed by atoms with Gasteiger partial charge in [-0.3, -0.25) is 9.69 Å². The SMILES string of the molecule is COc1ccc([C@H](C(=O)O)N2CCC(O)(c3ccccc3)CC2)c(C)c1. The lowest BCUT2D eigenvalue weighted by Crippen LogP contribution is -2.46. The number of hydrogen-bond acceptors (Lipinski definition) is 4. The number of benzene rings is 2. The molecule has 1 heterocycles. The van der Waals surface area contributed by atoms with Crippen molar-refractivity contribution < 1.29 is 19.7 Å². The molecule has 1 fully saturated rings. The van der Waals surface area contributed by atoms with Gasteiger partial charge in [0.25, 0.3) is 0 Å². The van der Waals surface area contributed by atoms with Crippen LogP contribution >= 0.6 is 0 Å². The zero-order valence-electron chi connectivity index (χ0n) is 15.2. The van der Waals surface area contributed by atoms with Crippen LogP contribution in [0.2, 0.25) is 0 Å². The first-order valence-electron chi connectivity index (χ1n) is 8.84. The van der Waals surface area contributed by atoms with E-state index in [4.69, 9.17) is 4.74 Å². The minimum Gasteiger partial charge on any atom is -0.497 e. The van der Waals surface area contributed by atoms with Crippen molar-refractivity contribution in [3.63, 3.8) is 0 Å². The Kier molecular flexibility index (Phi) is 5.30. The third kappa shape index (κ3) is 3.59. The molecular formula is C21H25NO4. The summed E-state index contributed by atoms with van der Waals surface area (Å²) in [6, 6.07) is 14.4. The Balaban J connectivity index is 1.80. The number of carbonyl (C=O) groups is 1. The summed E-state index contributed by atoms with van der Waals surface area (Å²) in [7, 11) is 1.60. The average molecular weight is 355 g/mol. The van der Waals surface area contributed by atoms with E-state index < -0.39 is 17.6 Å². The Morgan fingerprint density at radius 3 is 2.35 bits per heavy atom. The lowest BCUT2D eigenvalue weighted by molar-refractivity contribution is -0.146. The second-order valence-electron chi connectivity index (χ2n) is 6.90. The molecule has 1 aliphatic rings. The molecule has 0 saturated carbocycles. The second-order valence-corrected chi connectivity index (χ2v) is 6.90. The molecule has 0 aromatic heterocycles. The molecule has 1 aliphatic heterocycles. The third-order valence-corrected chi connectivity index (χ3v) is 5.31. The lowest BCUT2D eigenvalue weighted by atomic mass is 9.83. The predicted molar refractivity (Wildman–Crippen MR) is 99.3 cm³/mol. The first-order valence-corrected chi connectivity index (χ1v) is 8.84. The Morgan fingerprint density at radius 2 is 1.81 bits per heavy atom. The van der Waals surface area contributed by atoms with E-state index in [1.54, 1.807) is 13.2 Å². The number of carboxylic acid groups (broad SMARTS) is 1. The van der Waals surface area contributed by atoms with Crippen molar-refractivity contribution in [2.24, 2.45) is 0 Å². The number of rotatable bonds is 5. The van der Waals surface area contributed by atoms with Crippen molar-refractivity contribution in [3.8, 4) is 5.75 Å². The van der Waals surface area contributed by atoms with E-state index in [1.165, 1.54) is 0 Å². The number of ether oxygens (including phenoxy) is 1. The van der Waals surface area contributed by atoms with Crippen LogP contribution in [0.3, 0.4) is 0 Å². The molecule has 2 aromatic carbocycles. The standard InChI is InChI=1S/C21H25NO4/c1-15-14-17(26-2)8-9-18(15)19(20(23)24)22-12-10-21(25,11-13-22)16-6-4-3-5-7-16/h3-9,14,19,25H,10-13H2,1-2H3,(H,23,24)/t19-/m1/s1. The Hall–Kier alpha value is -2.37. The minimum absolute atomic E-state index is 0.510. The number of aryl methyl sites for hydroxylation is 1. The van der Waals surface area contributed by atoms with E-state index in [0.717, 1.165) is 16.7 Å².